The highest BCUT2D eigenvalue weighted by molar-refractivity contribution is 8.00. The van der Waals surface area contributed by atoms with Crippen LogP contribution in [0.1, 0.15) is 25.5 Å². The quantitative estimate of drug-likeness (QED) is 0.736. The number of rotatable bonds is 4. The summed E-state index contributed by atoms with van der Waals surface area (Å²) in [6, 6.07) is 1.86. The summed E-state index contributed by atoms with van der Waals surface area (Å²) < 4.78 is 39.8. The minimum atomic E-state index is -1.45. The lowest BCUT2D eigenvalue weighted by Crippen LogP contribution is -2.50. The fraction of sp³-hybridized carbons (Fsp3) is 0.450. The number of benzene rings is 1. The summed E-state index contributed by atoms with van der Waals surface area (Å²) in [6.45, 7) is 3.68. The zero-order chi connectivity index (χ0) is 21.7. The van der Waals surface area contributed by atoms with Crippen LogP contribution in [0.3, 0.4) is 0 Å². The van der Waals surface area contributed by atoms with Gasteiger partial charge in [-0.1, -0.05) is 0 Å². The van der Waals surface area contributed by atoms with Crippen molar-refractivity contribution in [1.82, 2.24) is 9.97 Å². The first-order valence-electron chi connectivity index (χ1n) is 9.62. The van der Waals surface area contributed by atoms with Crippen LogP contribution in [0.15, 0.2) is 17.0 Å². The third kappa shape index (κ3) is 3.57. The molecule has 30 heavy (non-hydrogen) atoms. The maximum absolute atomic E-state index is 13.4. The summed E-state index contributed by atoms with van der Waals surface area (Å²) in [6.07, 6.45) is 1.52. The number of nitrogens with one attached hydrogen (secondary N) is 1. The summed E-state index contributed by atoms with van der Waals surface area (Å²) >= 11 is 1.33. The van der Waals surface area contributed by atoms with Crippen molar-refractivity contribution in [3.05, 3.63) is 35.3 Å². The van der Waals surface area contributed by atoms with Crippen LogP contribution >= 0.6 is 11.8 Å². The molecule has 1 N–H and O–H groups in total. The maximum Gasteiger partial charge on any atom is 0.249 e. The Balaban J connectivity index is 1.42. The molecule has 6 nitrogen and oxygen atoms in total. The van der Waals surface area contributed by atoms with Crippen LogP contribution in [0, 0.1) is 24.4 Å². The largest absolute Gasteiger partial charge is 0.351 e. The van der Waals surface area contributed by atoms with E-state index in [9.17, 15) is 18.0 Å². The van der Waals surface area contributed by atoms with Gasteiger partial charge in [-0.05, 0) is 38.8 Å². The number of anilines is 3. The number of carbonyl (C=O) groups is 1. The normalized spacial score (nSPS) is 23.3. The van der Waals surface area contributed by atoms with E-state index in [4.69, 9.17) is 0 Å². The van der Waals surface area contributed by atoms with Gasteiger partial charge >= 0.3 is 0 Å². The van der Waals surface area contributed by atoms with Crippen molar-refractivity contribution in [2.24, 2.45) is 0 Å². The molecule has 0 spiro atoms. The van der Waals surface area contributed by atoms with E-state index in [-0.39, 0.29) is 23.2 Å². The van der Waals surface area contributed by atoms with Crippen LogP contribution in [-0.2, 0) is 4.79 Å². The van der Waals surface area contributed by atoms with Crippen molar-refractivity contribution in [2.75, 3.05) is 29.2 Å². The lowest BCUT2D eigenvalue weighted by Gasteiger charge is -2.38. The molecule has 1 aromatic carbocycles. The lowest BCUT2D eigenvalue weighted by molar-refractivity contribution is -0.119. The highest BCUT2D eigenvalue weighted by Gasteiger charge is 2.36. The Labute approximate surface area is 176 Å². The van der Waals surface area contributed by atoms with E-state index in [0.29, 0.717) is 28.0 Å². The number of aromatic nitrogens is 2. The van der Waals surface area contributed by atoms with Crippen LogP contribution < -0.4 is 15.1 Å². The standard InChI is InChI=1S/C20H22F3N5OS/c1-9-17-18(27(3)10(2)19(29)28(17)4)26-20(24-9)25-11-5-12(6-11)30-13-7-14(21)16(23)15(22)8-13/h7-8,10-12H,5-6H2,1-4H3,(H,24,25,26)/t10-,11-,12-/m0/s1. The Kier molecular flexibility index (Phi) is 5.29. The van der Waals surface area contributed by atoms with Crippen molar-refractivity contribution < 1.29 is 18.0 Å². The van der Waals surface area contributed by atoms with Gasteiger partial charge in [0.2, 0.25) is 11.9 Å². The Hall–Kier alpha value is -2.49. The summed E-state index contributed by atoms with van der Waals surface area (Å²) in [5.74, 6) is -2.62. The number of halogens is 3. The molecule has 1 aliphatic heterocycles. The molecule has 160 valence electrons. The molecule has 1 aromatic heterocycles. The van der Waals surface area contributed by atoms with Gasteiger partial charge in [0.05, 0.1) is 5.69 Å². The second-order valence-corrected chi connectivity index (χ2v) is 9.12. The van der Waals surface area contributed by atoms with Crippen molar-refractivity contribution in [3.8, 4) is 0 Å². The van der Waals surface area contributed by atoms with Gasteiger partial charge in [0.1, 0.15) is 11.7 Å². The third-order valence-electron chi connectivity index (χ3n) is 5.67. The summed E-state index contributed by atoms with van der Waals surface area (Å²) in [5.41, 5.74) is 1.41. The molecular weight excluding hydrogens is 415 g/mol. The minimum absolute atomic E-state index is 0.00932. The number of hydrogen-bond acceptors (Lipinski definition) is 6. The molecule has 1 fully saturated rings. The van der Waals surface area contributed by atoms with E-state index < -0.39 is 17.5 Å². The number of hydrogen-bond donors (Lipinski definition) is 1. The highest BCUT2D eigenvalue weighted by Crippen LogP contribution is 2.40. The van der Waals surface area contributed by atoms with E-state index in [1.165, 1.54) is 11.8 Å². The van der Waals surface area contributed by atoms with E-state index in [1.807, 2.05) is 25.8 Å². The number of likely N-dealkylation sites (N-methyl/N-ethyl adjacent to an activating group) is 2. The van der Waals surface area contributed by atoms with E-state index in [1.54, 1.807) is 11.9 Å². The van der Waals surface area contributed by atoms with Gasteiger partial charge in [0.15, 0.2) is 23.3 Å². The number of amides is 1. The van der Waals surface area contributed by atoms with Crippen molar-refractivity contribution >= 4 is 35.1 Å². The van der Waals surface area contributed by atoms with E-state index in [2.05, 4.69) is 15.3 Å². The molecular formula is C20H22F3N5OS. The van der Waals surface area contributed by atoms with Gasteiger partial charge in [0, 0.05) is 30.3 Å². The molecule has 1 amide bonds. The summed E-state index contributed by atoms with van der Waals surface area (Å²) in [4.78, 5) is 25.3. The zero-order valence-corrected chi connectivity index (χ0v) is 17.9. The zero-order valence-electron chi connectivity index (χ0n) is 17.0. The Bertz CT molecular complexity index is 991. The van der Waals surface area contributed by atoms with Crippen LogP contribution in [0.5, 0.6) is 0 Å². The lowest BCUT2D eigenvalue weighted by atomic mass is 9.92. The molecule has 2 aliphatic rings. The first-order valence-corrected chi connectivity index (χ1v) is 10.5. The first kappa shape index (κ1) is 20.8. The second-order valence-electron chi connectivity index (χ2n) is 7.74. The fourth-order valence-corrected chi connectivity index (χ4v) is 5.13. The molecule has 1 atom stereocenters. The smallest absolute Gasteiger partial charge is 0.249 e. The molecule has 10 heteroatoms. The molecule has 2 heterocycles. The molecule has 0 bridgehead atoms. The average molecular weight is 437 g/mol. The van der Waals surface area contributed by atoms with Gasteiger partial charge in [-0.15, -0.1) is 11.8 Å². The predicted octanol–water partition coefficient (Wildman–Crippen LogP) is 3.74. The van der Waals surface area contributed by atoms with Crippen molar-refractivity contribution in [1.29, 1.82) is 0 Å². The third-order valence-corrected chi connectivity index (χ3v) is 6.89. The SMILES string of the molecule is Cc1nc(N[C@H]2C[C@H](Sc3cc(F)c(F)c(F)c3)C2)nc2c1N(C)C(=O)[C@H](C)N2C. The van der Waals surface area contributed by atoms with Crippen LogP contribution in [0.4, 0.5) is 30.6 Å². The average Bonchev–Trinajstić information content (AvgIpc) is 2.66. The summed E-state index contributed by atoms with van der Waals surface area (Å²) in [7, 11) is 3.56. The first-order chi connectivity index (χ1) is 14.2. The molecule has 2 aromatic rings. The summed E-state index contributed by atoms with van der Waals surface area (Å²) in [5, 5.41) is 3.47. The van der Waals surface area contributed by atoms with Crippen molar-refractivity contribution in [2.45, 2.75) is 48.9 Å². The molecule has 1 aliphatic carbocycles. The van der Waals surface area contributed by atoms with Gasteiger partial charge in [-0.25, -0.2) is 18.2 Å². The molecule has 4 rings (SSSR count). The minimum Gasteiger partial charge on any atom is -0.351 e. The second kappa shape index (κ2) is 7.64. The topological polar surface area (TPSA) is 61.4 Å². The number of thioether (sulfide) groups is 1. The number of carbonyl (C=O) groups excluding carboxylic acids is 1. The Morgan fingerprint density at radius 1 is 1.13 bits per heavy atom. The van der Waals surface area contributed by atoms with Crippen molar-refractivity contribution in [3.63, 3.8) is 0 Å². The number of nitrogens with zero attached hydrogens (tertiary/aromatic N) is 4. The van der Waals surface area contributed by atoms with Gasteiger partial charge in [0.25, 0.3) is 0 Å². The maximum atomic E-state index is 13.4. The molecule has 0 radical (unpaired) electrons. The van der Waals surface area contributed by atoms with Gasteiger partial charge < -0.3 is 15.1 Å². The highest BCUT2D eigenvalue weighted by atomic mass is 32.2. The van der Waals surface area contributed by atoms with E-state index >= 15 is 0 Å². The molecule has 1 saturated carbocycles. The van der Waals surface area contributed by atoms with Crippen LogP contribution in [0.2, 0.25) is 0 Å². The van der Waals surface area contributed by atoms with Crippen LogP contribution in [-0.4, -0.2) is 47.3 Å². The Morgan fingerprint density at radius 2 is 1.77 bits per heavy atom. The molecule has 0 unspecified atom stereocenters. The van der Waals surface area contributed by atoms with Gasteiger partial charge in [-0.3, -0.25) is 4.79 Å². The number of aryl methyl sites for hydroxylation is 1. The monoisotopic (exact) mass is 437 g/mol. The molecule has 0 saturated heterocycles. The van der Waals surface area contributed by atoms with Gasteiger partial charge in [-0.2, -0.15) is 4.98 Å². The predicted molar refractivity (Wildman–Crippen MR) is 111 cm³/mol. The fourth-order valence-electron chi connectivity index (χ4n) is 3.75. The number of fused-ring (bicyclic) bond motifs is 1. The van der Waals surface area contributed by atoms with E-state index in [0.717, 1.165) is 25.0 Å². The van der Waals surface area contributed by atoms with Crippen LogP contribution in [0.25, 0.3) is 0 Å². The Morgan fingerprint density at radius 3 is 2.40 bits per heavy atom.